The quantitative estimate of drug-likeness (QED) is 0.853. The van der Waals surface area contributed by atoms with E-state index in [0.717, 1.165) is 5.82 Å². The molecule has 0 saturated heterocycles. The summed E-state index contributed by atoms with van der Waals surface area (Å²) in [6.45, 7) is 1.60. The standard InChI is InChI=1S/C11H12FN3O/c1-2-9-13-5-6-15(9)11-10(12)8(7-16)3-4-14-11/h3-6,16H,2,7H2,1H3. The predicted molar refractivity (Wildman–Crippen MR) is 56.6 cm³/mol. The van der Waals surface area contributed by atoms with Crippen LogP contribution in [0.2, 0.25) is 0 Å². The van der Waals surface area contributed by atoms with Gasteiger partial charge in [-0.25, -0.2) is 14.4 Å². The van der Waals surface area contributed by atoms with E-state index in [0.29, 0.717) is 6.42 Å². The highest BCUT2D eigenvalue weighted by Gasteiger charge is 2.12. The molecule has 2 aromatic rings. The molecule has 0 amide bonds. The number of pyridine rings is 1. The summed E-state index contributed by atoms with van der Waals surface area (Å²) in [5.41, 5.74) is 0.237. The van der Waals surface area contributed by atoms with Gasteiger partial charge in [0.1, 0.15) is 5.82 Å². The summed E-state index contributed by atoms with van der Waals surface area (Å²) in [5.74, 6) is 0.417. The third-order valence-corrected chi connectivity index (χ3v) is 2.38. The highest BCUT2D eigenvalue weighted by Crippen LogP contribution is 2.16. The zero-order chi connectivity index (χ0) is 11.5. The Morgan fingerprint density at radius 3 is 2.88 bits per heavy atom. The Bertz CT molecular complexity index is 496. The van der Waals surface area contributed by atoms with E-state index in [4.69, 9.17) is 5.11 Å². The first-order chi connectivity index (χ1) is 7.77. The monoisotopic (exact) mass is 221 g/mol. The van der Waals surface area contributed by atoms with Crippen LogP contribution in [0.25, 0.3) is 5.82 Å². The van der Waals surface area contributed by atoms with Gasteiger partial charge in [-0.05, 0) is 6.07 Å². The lowest BCUT2D eigenvalue weighted by molar-refractivity contribution is 0.275. The molecule has 0 aliphatic heterocycles. The minimum atomic E-state index is -0.502. The van der Waals surface area contributed by atoms with Gasteiger partial charge in [-0.1, -0.05) is 6.92 Å². The summed E-state index contributed by atoms with van der Waals surface area (Å²) in [6.07, 6.45) is 5.43. The molecule has 0 fully saturated rings. The zero-order valence-electron chi connectivity index (χ0n) is 8.89. The number of nitrogens with zero attached hydrogens (tertiary/aromatic N) is 3. The largest absolute Gasteiger partial charge is 0.392 e. The van der Waals surface area contributed by atoms with E-state index in [9.17, 15) is 4.39 Å². The minimum Gasteiger partial charge on any atom is -0.392 e. The summed E-state index contributed by atoms with van der Waals surface area (Å²) in [4.78, 5) is 8.08. The van der Waals surface area contributed by atoms with E-state index >= 15 is 0 Å². The first-order valence-electron chi connectivity index (χ1n) is 5.04. The summed E-state index contributed by atoms with van der Waals surface area (Å²) in [5, 5.41) is 8.97. The molecule has 0 saturated carbocycles. The van der Waals surface area contributed by atoms with E-state index in [-0.39, 0.29) is 18.0 Å². The van der Waals surface area contributed by atoms with Crippen molar-refractivity contribution >= 4 is 0 Å². The van der Waals surface area contributed by atoms with Gasteiger partial charge in [0, 0.05) is 30.6 Å². The zero-order valence-corrected chi connectivity index (χ0v) is 8.89. The molecule has 2 aromatic heterocycles. The number of aliphatic hydroxyl groups excluding tert-OH is 1. The first kappa shape index (κ1) is 10.8. The van der Waals surface area contributed by atoms with Gasteiger partial charge < -0.3 is 5.11 Å². The van der Waals surface area contributed by atoms with Gasteiger partial charge in [-0.3, -0.25) is 4.57 Å². The average Bonchev–Trinajstić information content (AvgIpc) is 2.77. The number of rotatable bonds is 3. The SMILES string of the molecule is CCc1nccn1-c1nccc(CO)c1F. The average molecular weight is 221 g/mol. The third kappa shape index (κ3) is 1.69. The second-order valence-corrected chi connectivity index (χ2v) is 3.33. The Balaban J connectivity index is 2.56. The van der Waals surface area contributed by atoms with Gasteiger partial charge in [0.25, 0.3) is 0 Å². The summed E-state index contributed by atoms with van der Waals surface area (Å²) in [6, 6.07) is 1.46. The topological polar surface area (TPSA) is 50.9 Å². The Morgan fingerprint density at radius 1 is 1.38 bits per heavy atom. The van der Waals surface area contributed by atoms with Crippen molar-refractivity contribution in [2.24, 2.45) is 0 Å². The fourth-order valence-electron chi connectivity index (χ4n) is 1.55. The van der Waals surface area contributed by atoms with Gasteiger partial charge in [0.05, 0.1) is 6.61 Å². The minimum absolute atomic E-state index is 0.181. The summed E-state index contributed by atoms with van der Waals surface area (Å²) < 4.78 is 15.5. The summed E-state index contributed by atoms with van der Waals surface area (Å²) in [7, 11) is 0. The highest BCUT2D eigenvalue weighted by molar-refractivity contribution is 5.31. The number of hydrogen-bond acceptors (Lipinski definition) is 3. The molecule has 5 heteroatoms. The maximum atomic E-state index is 13.9. The lowest BCUT2D eigenvalue weighted by atomic mass is 10.2. The smallest absolute Gasteiger partial charge is 0.174 e. The molecular formula is C11H12FN3O. The molecular weight excluding hydrogens is 209 g/mol. The first-order valence-corrected chi connectivity index (χ1v) is 5.04. The third-order valence-electron chi connectivity index (χ3n) is 2.38. The van der Waals surface area contributed by atoms with Crippen molar-refractivity contribution in [3.8, 4) is 5.82 Å². The van der Waals surface area contributed by atoms with Crippen molar-refractivity contribution in [2.45, 2.75) is 20.0 Å². The Labute approximate surface area is 92.4 Å². The number of aromatic nitrogens is 3. The van der Waals surface area contributed by atoms with E-state index in [1.807, 2.05) is 6.92 Å². The van der Waals surface area contributed by atoms with Gasteiger partial charge in [-0.2, -0.15) is 0 Å². The van der Waals surface area contributed by atoms with Crippen LogP contribution in [-0.2, 0) is 13.0 Å². The van der Waals surface area contributed by atoms with Gasteiger partial charge in [-0.15, -0.1) is 0 Å². The van der Waals surface area contributed by atoms with Crippen LogP contribution in [-0.4, -0.2) is 19.6 Å². The fraction of sp³-hybridized carbons (Fsp3) is 0.273. The number of halogens is 1. The van der Waals surface area contributed by atoms with Crippen molar-refractivity contribution in [3.05, 3.63) is 41.9 Å². The second kappa shape index (κ2) is 4.40. The van der Waals surface area contributed by atoms with Crippen molar-refractivity contribution in [3.63, 3.8) is 0 Å². The number of imidazole rings is 1. The molecule has 2 rings (SSSR count). The Morgan fingerprint density at radius 2 is 2.19 bits per heavy atom. The van der Waals surface area contributed by atoms with Crippen molar-refractivity contribution in [2.75, 3.05) is 0 Å². The molecule has 0 atom stereocenters. The number of aliphatic hydroxyl groups is 1. The van der Waals surface area contributed by atoms with Crippen LogP contribution in [0, 0.1) is 5.82 Å². The van der Waals surface area contributed by atoms with Gasteiger partial charge >= 0.3 is 0 Å². The molecule has 0 spiro atoms. The lowest BCUT2D eigenvalue weighted by Gasteiger charge is -2.08. The molecule has 0 aliphatic carbocycles. The van der Waals surface area contributed by atoms with E-state index in [1.54, 1.807) is 17.0 Å². The molecule has 4 nitrogen and oxygen atoms in total. The van der Waals surface area contributed by atoms with E-state index in [1.165, 1.54) is 12.3 Å². The molecule has 1 N–H and O–H groups in total. The number of hydrogen-bond donors (Lipinski definition) is 1. The predicted octanol–water partition coefficient (Wildman–Crippen LogP) is 1.46. The molecule has 0 bridgehead atoms. The van der Waals surface area contributed by atoms with Crippen LogP contribution in [0.15, 0.2) is 24.7 Å². The van der Waals surface area contributed by atoms with Crippen LogP contribution in [0.3, 0.4) is 0 Å². The molecule has 0 unspecified atom stereocenters. The van der Waals surface area contributed by atoms with Crippen LogP contribution in [0.1, 0.15) is 18.3 Å². The highest BCUT2D eigenvalue weighted by atomic mass is 19.1. The van der Waals surface area contributed by atoms with Crippen LogP contribution in [0.5, 0.6) is 0 Å². The maximum Gasteiger partial charge on any atom is 0.174 e. The Hall–Kier alpha value is -1.75. The molecule has 2 heterocycles. The van der Waals surface area contributed by atoms with E-state index in [2.05, 4.69) is 9.97 Å². The van der Waals surface area contributed by atoms with E-state index < -0.39 is 5.82 Å². The molecule has 0 aliphatic rings. The van der Waals surface area contributed by atoms with Crippen LogP contribution in [0.4, 0.5) is 4.39 Å². The van der Waals surface area contributed by atoms with Gasteiger partial charge in [0.2, 0.25) is 0 Å². The molecule has 0 radical (unpaired) electrons. The van der Waals surface area contributed by atoms with Crippen molar-refractivity contribution < 1.29 is 9.50 Å². The lowest BCUT2D eigenvalue weighted by Crippen LogP contribution is -2.06. The normalized spacial score (nSPS) is 10.7. The molecule has 0 aromatic carbocycles. The van der Waals surface area contributed by atoms with Crippen molar-refractivity contribution in [1.82, 2.24) is 14.5 Å². The molecule has 84 valence electrons. The maximum absolute atomic E-state index is 13.9. The van der Waals surface area contributed by atoms with Crippen LogP contribution >= 0.6 is 0 Å². The summed E-state index contributed by atoms with van der Waals surface area (Å²) >= 11 is 0. The number of aryl methyl sites for hydroxylation is 1. The van der Waals surface area contributed by atoms with Crippen molar-refractivity contribution in [1.29, 1.82) is 0 Å². The molecule has 16 heavy (non-hydrogen) atoms. The second-order valence-electron chi connectivity index (χ2n) is 3.33. The van der Waals surface area contributed by atoms with Crippen LogP contribution < -0.4 is 0 Å². The fourth-order valence-corrected chi connectivity index (χ4v) is 1.55. The Kier molecular flexibility index (Phi) is 2.96. The van der Waals surface area contributed by atoms with Gasteiger partial charge in [0.15, 0.2) is 11.6 Å².